The lowest BCUT2D eigenvalue weighted by Crippen LogP contribution is -2.63. The predicted octanol–water partition coefficient (Wildman–Crippen LogP) is 4.10. The zero-order valence-corrected chi connectivity index (χ0v) is 28.1. The summed E-state index contributed by atoms with van der Waals surface area (Å²) in [6.07, 6.45) is 2.56. The number of benzene rings is 3. The summed E-state index contributed by atoms with van der Waals surface area (Å²) in [4.78, 5) is 66.1. The minimum atomic E-state index is -1.40. The van der Waals surface area contributed by atoms with Gasteiger partial charge in [-0.15, -0.1) is 0 Å². The number of ether oxygens (including phenoxy) is 1. The molecule has 4 rings (SSSR count). The van der Waals surface area contributed by atoms with Crippen molar-refractivity contribution in [1.82, 2.24) is 15.5 Å². The molecule has 3 amide bonds. The molecule has 0 bridgehead atoms. The van der Waals surface area contributed by atoms with Gasteiger partial charge in [-0.05, 0) is 74.3 Å². The number of rotatable bonds is 16. The zero-order chi connectivity index (χ0) is 35.4. The highest BCUT2D eigenvalue weighted by Gasteiger charge is 2.41. The van der Waals surface area contributed by atoms with Gasteiger partial charge in [-0.3, -0.25) is 14.4 Å². The van der Waals surface area contributed by atoms with Crippen molar-refractivity contribution in [2.75, 3.05) is 13.2 Å². The Morgan fingerprint density at radius 3 is 2.20 bits per heavy atom. The molecule has 260 valence electrons. The number of nitrogens with zero attached hydrogens (tertiary/aromatic N) is 1. The average molecular weight is 671 g/mol. The fourth-order valence-corrected chi connectivity index (χ4v) is 5.79. The van der Waals surface area contributed by atoms with Gasteiger partial charge in [0.15, 0.2) is 0 Å². The molecule has 5 N–H and O–H groups in total. The standard InChI is InChI=1S/C38H46N4O7/c1-3-38(2,41-33(43)30(39)17-10-11-24-49-36(47)29-15-8-5-9-16-29)37(48)40-31(34(44)42-23-12-18-32(42)35(45)46)25-26-19-21-28(22-20-26)27-13-6-4-7-14-27/h4-9,13-16,19-22,30-32H,3,10-12,17-18,23-25,39H2,1-2H3,(H,40,48)(H,41,43)(H,45,46)/t30-,31-,32+,38?/m0/s1. The van der Waals surface area contributed by atoms with E-state index >= 15 is 0 Å². The number of hydrogen-bond donors (Lipinski definition) is 4. The highest BCUT2D eigenvalue weighted by atomic mass is 16.5. The van der Waals surface area contributed by atoms with Crippen molar-refractivity contribution < 1.29 is 33.8 Å². The minimum Gasteiger partial charge on any atom is -0.480 e. The average Bonchev–Trinajstić information content (AvgIpc) is 3.62. The molecular weight excluding hydrogens is 624 g/mol. The van der Waals surface area contributed by atoms with Crippen LogP contribution in [0.15, 0.2) is 84.9 Å². The van der Waals surface area contributed by atoms with Crippen LogP contribution in [0.2, 0.25) is 0 Å². The number of carboxylic acid groups (broad SMARTS) is 1. The lowest BCUT2D eigenvalue weighted by molar-refractivity contribution is -0.149. The lowest BCUT2D eigenvalue weighted by Gasteiger charge is -2.33. The number of unbranched alkanes of at least 4 members (excludes halogenated alkanes) is 1. The Kier molecular flexibility index (Phi) is 13.1. The first-order valence-corrected chi connectivity index (χ1v) is 16.8. The summed E-state index contributed by atoms with van der Waals surface area (Å²) in [6, 6.07) is 23.2. The van der Waals surface area contributed by atoms with Crippen molar-refractivity contribution in [3.05, 3.63) is 96.1 Å². The van der Waals surface area contributed by atoms with Crippen LogP contribution in [0.4, 0.5) is 0 Å². The maximum Gasteiger partial charge on any atom is 0.338 e. The molecule has 0 spiro atoms. The van der Waals surface area contributed by atoms with Gasteiger partial charge >= 0.3 is 11.9 Å². The van der Waals surface area contributed by atoms with Crippen LogP contribution in [-0.4, -0.2) is 76.5 Å². The molecule has 1 fully saturated rings. The third-order valence-electron chi connectivity index (χ3n) is 9.02. The van der Waals surface area contributed by atoms with E-state index < -0.39 is 53.3 Å². The molecule has 1 unspecified atom stereocenters. The maximum atomic E-state index is 13.8. The van der Waals surface area contributed by atoms with Gasteiger partial charge in [0.2, 0.25) is 17.7 Å². The van der Waals surface area contributed by atoms with Crippen molar-refractivity contribution in [2.45, 2.75) is 82.5 Å². The Morgan fingerprint density at radius 1 is 0.939 bits per heavy atom. The van der Waals surface area contributed by atoms with Gasteiger partial charge in [0.25, 0.3) is 0 Å². The minimum absolute atomic E-state index is 0.130. The monoisotopic (exact) mass is 670 g/mol. The van der Waals surface area contributed by atoms with Crippen LogP contribution in [0.25, 0.3) is 11.1 Å². The number of nitrogens with one attached hydrogen (secondary N) is 2. The first-order chi connectivity index (χ1) is 23.5. The van der Waals surface area contributed by atoms with Gasteiger partial charge in [0.05, 0.1) is 18.2 Å². The summed E-state index contributed by atoms with van der Waals surface area (Å²) < 4.78 is 5.28. The van der Waals surface area contributed by atoms with E-state index in [-0.39, 0.29) is 26.0 Å². The molecular formula is C38H46N4O7. The Labute approximate surface area is 287 Å². The van der Waals surface area contributed by atoms with Crippen LogP contribution in [0.5, 0.6) is 0 Å². The molecule has 4 atom stereocenters. The molecule has 11 heteroatoms. The molecule has 49 heavy (non-hydrogen) atoms. The van der Waals surface area contributed by atoms with Crippen molar-refractivity contribution in [1.29, 1.82) is 0 Å². The third-order valence-corrected chi connectivity index (χ3v) is 9.02. The highest BCUT2D eigenvalue weighted by molar-refractivity contribution is 5.96. The van der Waals surface area contributed by atoms with Gasteiger partial charge in [0, 0.05) is 13.0 Å². The van der Waals surface area contributed by atoms with Gasteiger partial charge in [-0.25, -0.2) is 9.59 Å². The van der Waals surface area contributed by atoms with Gasteiger partial charge in [-0.1, -0.05) is 79.7 Å². The van der Waals surface area contributed by atoms with Gasteiger partial charge < -0.3 is 31.1 Å². The summed E-state index contributed by atoms with van der Waals surface area (Å²) in [5, 5.41) is 15.4. The molecule has 11 nitrogen and oxygen atoms in total. The zero-order valence-electron chi connectivity index (χ0n) is 28.1. The van der Waals surface area contributed by atoms with Crippen LogP contribution < -0.4 is 16.4 Å². The Hall–Kier alpha value is -5.03. The number of aliphatic carboxylic acids is 1. The molecule has 3 aromatic rings. The smallest absolute Gasteiger partial charge is 0.338 e. The molecule has 3 aromatic carbocycles. The molecule has 0 aromatic heterocycles. The number of nitrogens with two attached hydrogens (primary N) is 1. The van der Waals surface area contributed by atoms with Crippen molar-refractivity contribution in [3.63, 3.8) is 0 Å². The van der Waals surface area contributed by atoms with E-state index in [0.29, 0.717) is 37.7 Å². The summed E-state index contributed by atoms with van der Waals surface area (Å²) in [5.74, 6) is -3.09. The van der Waals surface area contributed by atoms with E-state index in [1.165, 1.54) is 4.90 Å². The second kappa shape index (κ2) is 17.4. The third kappa shape index (κ3) is 9.99. The van der Waals surface area contributed by atoms with Crippen LogP contribution >= 0.6 is 0 Å². The number of hydrogen-bond acceptors (Lipinski definition) is 7. The summed E-state index contributed by atoms with van der Waals surface area (Å²) >= 11 is 0. The largest absolute Gasteiger partial charge is 0.480 e. The fourth-order valence-electron chi connectivity index (χ4n) is 5.79. The predicted molar refractivity (Wildman–Crippen MR) is 185 cm³/mol. The van der Waals surface area contributed by atoms with E-state index in [1.807, 2.05) is 60.7 Å². The van der Waals surface area contributed by atoms with Crippen molar-refractivity contribution in [3.8, 4) is 11.1 Å². The van der Waals surface area contributed by atoms with Gasteiger partial charge in [-0.2, -0.15) is 0 Å². The molecule has 0 saturated carbocycles. The number of esters is 1. The second-order valence-corrected chi connectivity index (χ2v) is 12.6. The van der Waals surface area contributed by atoms with E-state index in [2.05, 4.69) is 10.6 Å². The van der Waals surface area contributed by atoms with Crippen molar-refractivity contribution in [2.24, 2.45) is 5.73 Å². The molecule has 1 aliphatic heterocycles. The number of carboxylic acids is 1. The van der Waals surface area contributed by atoms with Crippen molar-refractivity contribution >= 4 is 29.7 Å². The van der Waals surface area contributed by atoms with Crippen LogP contribution in [-0.2, 0) is 30.3 Å². The van der Waals surface area contributed by atoms with E-state index in [4.69, 9.17) is 10.5 Å². The topological polar surface area (TPSA) is 168 Å². The molecule has 0 radical (unpaired) electrons. The number of carbonyl (C=O) groups is 5. The maximum absolute atomic E-state index is 13.8. The molecule has 1 heterocycles. The molecule has 0 aliphatic carbocycles. The Morgan fingerprint density at radius 2 is 1.57 bits per heavy atom. The highest BCUT2D eigenvalue weighted by Crippen LogP contribution is 2.23. The van der Waals surface area contributed by atoms with Crippen LogP contribution in [0.3, 0.4) is 0 Å². The van der Waals surface area contributed by atoms with E-state index in [1.54, 1.807) is 38.1 Å². The fraction of sp³-hybridized carbons (Fsp3) is 0.395. The van der Waals surface area contributed by atoms with Crippen LogP contribution in [0, 0.1) is 0 Å². The van der Waals surface area contributed by atoms with E-state index in [9.17, 15) is 29.1 Å². The van der Waals surface area contributed by atoms with Crippen LogP contribution in [0.1, 0.15) is 68.3 Å². The Bertz CT molecular complexity index is 1580. The summed E-state index contributed by atoms with van der Waals surface area (Å²) in [7, 11) is 0. The van der Waals surface area contributed by atoms with E-state index in [0.717, 1.165) is 16.7 Å². The molecule has 1 saturated heterocycles. The Balaban J connectivity index is 1.38. The molecule has 1 aliphatic rings. The summed E-state index contributed by atoms with van der Waals surface area (Å²) in [6.45, 7) is 3.77. The quantitative estimate of drug-likeness (QED) is 0.131. The lowest BCUT2D eigenvalue weighted by atomic mass is 9.94. The number of amides is 3. The van der Waals surface area contributed by atoms with Gasteiger partial charge in [0.1, 0.15) is 17.6 Å². The number of likely N-dealkylation sites (tertiary alicyclic amines) is 1. The SMILES string of the molecule is CCC(C)(NC(=O)[C@@H](N)CCCCOC(=O)c1ccccc1)C(=O)N[C@@H](Cc1ccc(-c2ccccc2)cc1)C(=O)N1CCC[C@@H]1C(=O)O. The summed E-state index contributed by atoms with van der Waals surface area (Å²) in [5.41, 5.74) is 8.05. The first-order valence-electron chi connectivity index (χ1n) is 16.8. The normalized spacial score (nSPS) is 16.6. The number of carbonyl (C=O) groups excluding carboxylic acids is 4. The second-order valence-electron chi connectivity index (χ2n) is 12.6. The first kappa shape index (κ1) is 36.8.